The number of rotatable bonds is 1. The van der Waals surface area contributed by atoms with Gasteiger partial charge in [0, 0.05) is 19.3 Å². The van der Waals surface area contributed by atoms with Crippen LogP contribution < -0.4 is 0 Å². The maximum Gasteiger partial charge on any atom is 0.410 e. The number of likely N-dealkylation sites (tertiary alicyclic amines) is 1. The fourth-order valence-corrected chi connectivity index (χ4v) is 2.60. The Hall–Kier alpha value is -2.11. The number of pyridine rings is 1. The minimum Gasteiger partial charge on any atom is -0.444 e. The highest BCUT2D eigenvalue weighted by atomic mass is 16.6. The zero-order valence-corrected chi connectivity index (χ0v) is 12.6. The third-order valence-corrected chi connectivity index (χ3v) is 3.54. The number of hydrogen-bond acceptors (Lipinski definition) is 4. The van der Waals surface area contributed by atoms with E-state index in [1.807, 2.05) is 32.9 Å². The Morgan fingerprint density at radius 2 is 2.19 bits per heavy atom. The highest BCUT2D eigenvalue weighted by molar-refractivity contribution is 5.71. The first-order valence-electron chi connectivity index (χ1n) is 7.19. The average molecular weight is 288 g/mol. The van der Waals surface area contributed by atoms with E-state index in [-0.39, 0.29) is 12.1 Å². The molecule has 1 amide bonds. The van der Waals surface area contributed by atoms with Crippen LogP contribution in [0.2, 0.25) is 0 Å². The minimum absolute atomic E-state index is 0.206. The number of nitrogens with zero attached hydrogens (tertiary/aromatic N) is 4. The first kappa shape index (κ1) is 13.9. The van der Waals surface area contributed by atoms with Gasteiger partial charge in [0.25, 0.3) is 0 Å². The lowest BCUT2D eigenvalue weighted by Gasteiger charge is -2.24. The molecule has 0 bridgehead atoms. The summed E-state index contributed by atoms with van der Waals surface area (Å²) < 4.78 is 7.48. The summed E-state index contributed by atoms with van der Waals surface area (Å²) in [4.78, 5) is 22.6. The van der Waals surface area contributed by atoms with Gasteiger partial charge < -0.3 is 14.2 Å². The molecule has 1 unspecified atom stereocenters. The molecule has 0 radical (unpaired) electrons. The molecule has 0 aliphatic carbocycles. The van der Waals surface area contributed by atoms with Crippen LogP contribution in [-0.4, -0.2) is 44.2 Å². The fraction of sp³-hybridized carbons (Fsp3) is 0.533. The molecular weight excluding hydrogens is 268 g/mol. The smallest absolute Gasteiger partial charge is 0.410 e. The van der Waals surface area contributed by atoms with Gasteiger partial charge in [0.1, 0.15) is 11.1 Å². The van der Waals surface area contributed by atoms with E-state index in [2.05, 4.69) is 14.5 Å². The second kappa shape index (κ2) is 5.02. The summed E-state index contributed by atoms with van der Waals surface area (Å²) in [6, 6.07) is 4.03. The molecule has 112 valence electrons. The van der Waals surface area contributed by atoms with E-state index in [0.29, 0.717) is 13.1 Å². The van der Waals surface area contributed by atoms with Crippen LogP contribution in [0.5, 0.6) is 0 Å². The van der Waals surface area contributed by atoms with E-state index in [1.165, 1.54) is 0 Å². The van der Waals surface area contributed by atoms with E-state index in [1.54, 1.807) is 17.4 Å². The van der Waals surface area contributed by atoms with Crippen molar-refractivity contribution in [1.29, 1.82) is 0 Å². The molecule has 3 heterocycles. The van der Waals surface area contributed by atoms with Crippen molar-refractivity contribution in [3.05, 3.63) is 24.7 Å². The van der Waals surface area contributed by atoms with Crippen LogP contribution in [0.1, 0.15) is 33.2 Å². The van der Waals surface area contributed by atoms with Gasteiger partial charge in [-0.1, -0.05) is 0 Å². The van der Waals surface area contributed by atoms with Crippen LogP contribution in [0.15, 0.2) is 24.7 Å². The SMILES string of the molecule is CC(C)(C)OC(=O)N1CCC(n2cnc3cccnc32)C1. The van der Waals surface area contributed by atoms with Crippen LogP contribution in [0.25, 0.3) is 11.2 Å². The Morgan fingerprint density at radius 3 is 2.95 bits per heavy atom. The summed E-state index contributed by atoms with van der Waals surface area (Å²) in [6.45, 7) is 6.98. The van der Waals surface area contributed by atoms with Crippen molar-refractivity contribution in [2.24, 2.45) is 0 Å². The topological polar surface area (TPSA) is 60.2 Å². The Balaban J connectivity index is 1.74. The predicted molar refractivity (Wildman–Crippen MR) is 79.0 cm³/mol. The number of imidazole rings is 1. The zero-order valence-electron chi connectivity index (χ0n) is 12.6. The lowest BCUT2D eigenvalue weighted by atomic mass is 10.2. The largest absolute Gasteiger partial charge is 0.444 e. The van der Waals surface area contributed by atoms with Crippen LogP contribution in [-0.2, 0) is 4.74 Å². The van der Waals surface area contributed by atoms with E-state index >= 15 is 0 Å². The van der Waals surface area contributed by atoms with Gasteiger partial charge in [0.2, 0.25) is 0 Å². The molecule has 0 spiro atoms. The number of fused-ring (bicyclic) bond motifs is 1. The first-order valence-corrected chi connectivity index (χ1v) is 7.19. The maximum absolute atomic E-state index is 12.1. The molecule has 6 heteroatoms. The zero-order chi connectivity index (χ0) is 15.0. The van der Waals surface area contributed by atoms with Crippen LogP contribution in [0.4, 0.5) is 4.79 Å². The summed E-state index contributed by atoms with van der Waals surface area (Å²) in [5.74, 6) is 0. The molecule has 2 aromatic rings. The van der Waals surface area contributed by atoms with E-state index in [0.717, 1.165) is 17.6 Å². The molecule has 6 nitrogen and oxygen atoms in total. The van der Waals surface area contributed by atoms with Crippen LogP contribution in [0.3, 0.4) is 0 Å². The van der Waals surface area contributed by atoms with Crippen LogP contribution >= 0.6 is 0 Å². The molecule has 21 heavy (non-hydrogen) atoms. The molecule has 0 saturated carbocycles. The summed E-state index contributed by atoms with van der Waals surface area (Å²) in [6.07, 6.45) is 4.21. The number of amides is 1. The number of carbonyl (C=O) groups is 1. The van der Waals surface area contributed by atoms with Gasteiger partial charge in [-0.05, 0) is 39.3 Å². The molecule has 1 fully saturated rings. The Morgan fingerprint density at radius 1 is 1.38 bits per heavy atom. The van der Waals surface area contributed by atoms with Crippen molar-refractivity contribution in [2.75, 3.05) is 13.1 Å². The van der Waals surface area contributed by atoms with Crippen molar-refractivity contribution in [1.82, 2.24) is 19.4 Å². The molecule has 3 rings (SSSR count). The average Bonchev–Trinajstić information content (AvgIpc) is 3.03. The van der Waals surface area contributed by atoms with Crippen molar-refractivity contribution in [3.63, 3.8) is 0 Å². The van der Waals surface area contributed by atoms with Gasteiger partial charge in [-0.2, -0.15) is 0 Å². The van der Waals surface area contributed by atoms with Crippen molar-refractivity contribution < 1.29 is 9.53 Å². The second-order valence-electron chi connectivity index (χ2n) is 6.37. The fourth-order valence-electron chi connectivity index (χ4n) is 2.60. The van der Waals surface area contributed by atoms with Crippen molar-refractivity contribution in [2.45, 2.75) is 38.8 Å². The summed E-state index contributed by atoms with van der Waals surface area (Å²) in [5, 5.41) is 0. The number of ether oxygens (including phenoxy) is 1. The second-order valence-corrected chi connectivity index (χ2v) is 6.37. The molecular formula is C15H20N4O2. The molecule has 0 aromatic carbocycles. The Kier molecular flexibility index (Phi) is 3.31. The van der Waals surface area contributed by atoms with Crippen LogP contribution in [0, 0.1) is 0 Å². The number of hydrogen-bond donors (Lipinski definition) is 0. The predicted octanol–water partition coefficient (Wildman–Crippen LogP) is 2.61. The quantitative estimate of drug-likeness (QED) is 0.809. The highest BCUT2D eigenvalue weighted by Crippen LogP contribution is 2.26. The summed E-state index contributed by atoms with van der Waals surface area (Å²) in [7, 11) is 0. The van der Waals surface area contributed by atoms with E-state index < -0.39 is 5.60 Å². The van der Waals surface area contributed by atoms with Gasteiger partial charge >= 0.3 is 6.09 Å². The lowest BCUT2D eigenvalue weighted by Crippen LogP contribution is -2.35. The minimum atomic E-state index is -0.460. The van der Waals surface area contributed by atoms with Crippen molar-refractivity contribution >= 4 is 17.3 Å². The first-order chi connectivity index (χ1) is 9.94. The molecule has 1 atom stereocenters. The maximum atomic E-state index is 12.1. The molecule has 1 aliphatic rings. The monoisotopic (exact) mass is 288 g/mol. The van der Waals surface area contributed by atoms with E-state index in [4.69, 9.17) is 4.74 Å². The third kappa shape index (κ3) is 2.84. The summed E-state index contributed by atoms with van der Waals surface area (Å²) in [5.41, 5.74) is 1.29. The highest BCUT2D eigenvalue weighted by Gasteiger charge is 2.31. The van der Waals surface area contributed by atoms with Gasteiger partial charge in [-0.3, -0.25) is 0 Å². The lowest BCUT2D eigenvalue weighted by molar-refractivity contribution is 0.0289. The van der Waals surface area contributed by atoms with Gasteiger partial charge in [0.05, 0.1) is 12.4 Å². The van der Waals surface area contributed by atoms with Crippen molar-refractivity contribution in [3.8, 4) is 0 Å². The molecule has 1 aliphatic heterocycles. The van der Waals surface area contributed by atoms with E-state index in [9.17, 15) is 4.79 Å². The number of carbonyl (C=O) groups excluding carboxylic acids is 1. The molecule has 2 aromatic heterocycles. The third-order valence-electron chi connectivity index (χ3n) is 3.54. The standard InChI is InChI=1S/C15H20N4O2/c1-15(2,3)21-14(20)18-8-6-11(9-18)19-10-17-12-5-4-7-16-13(12)19/h4-5,7,10-11H,6,8-9H2,1-3H3. The van der Waals surface area contributed by atoms with Gasteiger partial charge in [0.15, 0.2) is 5.65 Å². The van der Waals surface area contributed by atoms with Gasteiger partial charge in [-0.15, -0.1) is 0 Å². The summed E-state index contributed by atoms with van der Waals surface area (Å²) >= 11 is 0. The number of aromatic nitrogens is 3. The Labute approximate surface area is 123 Å². The molecule has 1 saturated heterocycles. The normalized spacial score (nSPS) is 19.2. The Bertz CT molecular complexity index is 659. The molecule has 0 N–H and O–H groups in total. The van der Waals surface area contributed by atoms with Gasteiger partial charge in [-0.25, -0.2) is 14.8 Å².